The summed E-state index contributed by atoms with van der Waals surface area (Å²) in [7, 11) is 0. The first-order valence-corrected chi connectivity index (χ1v) is 5.91. The quantitative estimate of drug-likeness (QED) is 0.659. The van der Waals surface area contributed by atoms with E-state index < -0.39 is 5.97 Å². The molecule has 3 heterocycles. The first-order chi connectivity index (χ1) is 9.65. The van der Waals surface area contributed by atoms with Crippen LogP contribution in [0.5, 0.6) is 0 Å². The van der Waals surface area contributed by atoms with E-state index in [1.54, 1.807) is 32.3 Å². The molecule has 8 heteroatoms. The molecule has 0 fully saturated rings. The van der Waals surface area contributed by atoms with E-state index in [1.165, 1.54) is 4.52 Å². The lowest BCUT2D eigenvalue weighted by Crippen LogP contribution is -2.07. The van der Waals surface area contributed by atoms with Gasteiger partial charge in [0.15, 0.2) is 12.3 Å². The Bertz CT molecular complexity index is 776. The zero-order valence-electron chi connectivity index (χ0n) is 10.9. The number of ether oxygens (including phenoxy) is 1. The third-order valence-corrected chi connectivity index (χ3v) is 2.68. The third-order valence-electron chi connectivity index (χ3n) is 2.68. The van der Waals surface area contributed by atoms with Crippen molar-refractivity contribution in [3.05, 3.63) is 41.4 Å². The number of carbonyl (C=O) groups excluding carboxylic acids is 1. The van der Waals surface area contributed by atoms with Gasteiger partial charge in [0, 0.05) is 19.3 Å². The second-order valence-corrected chi connectivity index (χ2v) is 4.15. The van der Waals surface area contributed by atoms with E-state index in [9.17, 15) is 4.79 Å². The van der Waals surface area contributed by atoms with Gasteiger partial charge in [-0.25, -0.2) is 14.3 Å². The number of nitrogens with zero attached hydrogens (tertiary/aromatic N) is 5. The minimum absolute atomic E-state index is 0.0558. The summed E-state index contributed by atoms with van der Waals surface area (Å²) >= 11 is 0. The van der Waals surface area contributed by atoms with Crippen molar-refractivity contribution in [1.29, 1.82) is 0 Å². The summed E-state index contributed by atoms with van der Waals surface area (Å²) in [6.07, 6.45) is 3.31. The lowest BCUT2D eigenvalue weighted by atomic mass is 10.2. The van der Waals surface area contributed by atoms with Crippen molar-refractivity contribution in [1.82, 2.24) is 24.7 Å². The van der Waals surface area contributed by atoms with E-state index in [4.69, 9.17) is 9.26 Å². The van der Waals surface area contributed by atoms with E-state index in [0.717, 1.165) is 0 Å². The van der Waals surface area contributed by atoms with Crippen molar-refractivity contribution in [2.45, 2.75) is 20.5 Å². The molecule has 0 bridgehead atoms. The molecule has 8 nitrogen and oxygen atoms in total. The second kappa shape index (κ2) is 4.72. The highest BCUT2D eigenvalue weighted by atomic mass is 16.5. The minimum Gasteiger partial charge on any atom is -0.454 e. The summed E-state index contributed by atoms with van der Waals surface area (Å²) in [5.41, 5.74) is 1.35. The predicted octanol–water partition coefficient (Wildman–Crippen LogP) is 1.09. The maximum Gasteiger partial charge on any atom is 0.344 e. The highest BCUT2D eigenvalue weighted by Crippen LogP contribution is 2.14. The molecule has 0 aliphatic carbocycles. The molecular weight excluding hydrogens is 262 g/mol. The maximum absolute atomic E-state index is 12.1. The SMILES string of the molecule is Cc1nc(COC(=O)c2c(C)nn3cccnc23)no1. The van der Waals surface area contributed by atoms with Crippen molar-refractivity contribution in [2.75, 3.05) is 0 Å². The normalized spacial score (nSPS) is 10.9. The fourth-order valence-electron chi connectivity index (χ4n) is 1.84. The molecule has 0 saturated heterocycles. The van der Waals surface area contributed by atoms with Crippen molar-refractivity contribution in [3.63, 3.8) is 0 Å². The number of aryl methyl sites for hydroxylation is 2. The molecule has 0 N–H and O–H groups in total. The van der Waals surface area contributed by atoms with Gasteiger partial charge in [-0.3, -0.25) is 0 Å². The molecule has 3 aromatic rings. The van der Waals surface area contributed by atoms with E-state index >= 15 is 0 Å². The molecule has 0 amide bonds. The van der Waals surface area contributed by atoms with Gasteiger partial charge in [0.1, 0.15) is 5.56 Å². The number of fused-ring (bicyclic) bond motifs is 1. The Hall–Kier alpha value is -2.77. The predicted molar refractivity (Wildman–Crippen MR) is 65.9 cm³/mol. The van der Waals surface area contributed by atoms with Crippen LogP contribution in [0.2, 0.25) is 0 Å². The van der Waals surface area contributed by atoms with Gasteiger partial charge in [0.2, 0.25) is 11.7 Å². The van der Waals surface area contributed by atoms with E-state index in [2.05, 4.69) is 20.2 Å². The minimum atomic E-state index is -0.515. The molecule has 0 radical (unpaired) electrons. The molecule has 0 aliphatic rings. The van der Waals surface area contributed by atoms with Crippen LogP contribution < -0.4 is 0 Å². The molecule has 20 heavy (non-hydrogen) atoms. The Morgan fingerprint density at radius 1 is 1.45 bits per heavy atom. The van der Waals surface area contributed by atoms with E-state index in [-0.39, 0.29) is 6.61 Å². The van der Waals surface area contributed by atoms with Gasteiger partial charge < -0.3 is 9.26 Å². The lowest BCUT2D eigenvalue weighted by Gasteiger charge is -2.00. The van der Waals surface area contributed by atoms with Gasteiger partial charge in [-0.1, -0.05) is 5.16 Å². The summed E-state index contributed by atoms with van der Waals surface area (Å²) in [6.45, 7) is 3.33. The summed E-state index contributed by atoms with van der Waals surface area (Å²) in [4.78, 5) is 20.2. The average Bonchev–Trinajstić information content (AvgIpc) is 2.98. The van der Waals surface area contributed by atoms with E-state index in [1.807, 2.05) is 0 Å². The number of rotatable bonds is 3. The van der Waals surface area contributed by atoms with Gasteiger partial charge in [0.25, 0.3) is 0 Å². The van der Waals surface area contributed by atoms with Crippen molar-refractivity contribution >= 4 is 11.6 Å². The largest absolute Gasteiger partial charge is 0.454 e. The zero-order valence-corrected chi connectivity index (χ0v) is 10.9. The second-order valence-electron chi connectivity index (χ2n) is 4.15. The molecule has 0 atom stereocenters. The standard InChI is InChI=1S/C12H11N5O3/c1-7-10(11-13-4-3-5-17(11)15-7)12(18)19-6-9-14-8(2)20-16-9/h3-5H,6H2,1-2H3. The van der Waals surface area contributed by atoms with Crippen molar-refractivity contribution in [2.24, 2.45) is 0 Å². The van der Waals surface area contributed by atoms with Gasteiger partial charge in [-0.05, 0) is 13.0 Å². The Balaban J connectivity index is 1.83. The number of carbonyl (C=O) groups is 1. The van der Waals surface area contributed by atoms with Crippen molar-refractivity contribution < 1.29 is 14.1 Å². The van der Waals surface area contributed by atoms with Gasteiger partial charge in [-0.2, -0.15) is 10.1 Å². The van der Waals surface area contributed by atoms with Crippen LogP contribution in [0.1, 0.15) is 27.8 Å². The van der Waals surface area contributed by atoms with Crippen LogP contribution in [0.25, 0.3) is 5.65 Å². The first kappa shape index (κ1) is 12.3. The van der Waals surface area contributed by atoms with Crippen LogP contribution in [0, 0.1) is 13.8 Å². The van der Waals surface area contributed by atoms with Crippen LogP contribution in [-0.4, -0.2) is 30.7 Å². The number of aromatic nitrogens is 5. The summed E-state index contributed by atoms with van der Waals surface area (Å²) in [5, 5.41) is 7.85. The number of hydrogen-bond acceptors (Lipinski definition) is 7. The first-order valence-electron chi connectivity index (χ1n) is 5.91. The maximum atomic E-state index is 12.1. The molecule has 0 saturated carbocycles. The van der Waals surface area contributed by atoms with Crippen LogP contribution >= 0.6 is 0 Å². The lowest BCUT2D eigenvalue weighted by molar-refractivity contribution is 0.0461. The van der Waals surface area contributed by atoms with Crippen LogP contribution in [0.15, 0.2) is 23.0 Å². The van der Waals surface area contributed by atoms with Gasteiger partial charge >= 0.3 is 5.97 Å². The third kappa shape index (κ3) is 2.11. The summed E-state index contributed by atoms with van der Waals surface area (Å²) in [5.74, 6) is 0.224. The molecule has 3 rings (SSSR count). The van der Waals surface area contributed by atoms with Crippen molar-refractivity contribution in [3.8, 4) is 0 Å². The van der Waals surface area contributed by atoms with E-state index in [0.29, 0.717) is 28.6 Å². The molecule has 102 valence electrons. The number of esters is 1. The molecular formula is C12H11N5O3. The Morgan fingerprint density at radius 3 is 3.05 bits per heavy atom. The molecule has 0 aliphatic heterocycles. The van der Waals surface area contributed by atoms with Gasteiger partial charge in [0.05, 0.1) is 5.69 Å². The molecule has 0 spiro atoms. The summed E-state index contributed by atoms with van der Waals surface area (Å²) < 4.78 is 11.5. The molecule has 3 aromatic heterocycles. The Morgan fingerprint density at radius 2 is 2.30 bits per heavy atom. The highest BCUT2D eigenvalue weighted by Gasteiger charge is 2.20. The van der Waals surface area contributed by atoms with Crippen LogP contribution in [0.4, 0.5) is 0 Å². The zero-order chi connectivity index (χ0) is 14.1. The van der Waals surface area contributed by atoms with Gasteiger partial charge in [-0.15, -0.1) is 0 Å². The van der Waals surface area contributed by atoms with Crippen LogP contribution in [-0.2, 0) is 11.3 Å². The van der Waals surface area contributed by atoms with Crippen LogP contribution in [0.3, 0.4) is 0 Å². The smallest absolute Gasteiger partial charge is 0.344 e. The summed E-state index contributed by atoms with van der Waals surface area (Å²) in [6, 6.07) is 1.73. The molecule has 0 aromatic carbocycles. The highest BCUT2D eigenvalue weighted by molar-refractivity contribution is 5.97. The number of hydrogen-bond donors (Lipinski definition) is 0. The average molecular weight is 273 g/mol. The topological polar surface area (TPSA) is 95.4 Å². The fraction of sp³-hybridized carbons (Fsp3) is 0.250. The fourth-order valence-corrected chi connectivity index (χ4v) is 1.84. The Kier molecular flexibility index (Phi) is 2.90. The molecule has 0 unspecified atom stereocenters. The Labute approximate surface area is 113 Å². The monoisotopic (exact) mass is 273 g/mol.